The summed E-state index contributed by atoms with van der Waals surface area (Å²) >= 11 is 6.09. The molecule has 8 nitrogen and oxygen atoms in total. The van der Waals surface area contributed by atoms with Crippen LogP contribution in [0.5, 0.6) is 0 Å². The summed E-state index contributed by atoms with van der Waals surface area (Å²) in [6, 6.07) is 5.75. The van der Waals surface area contributed by atoms with Crippen LogP contribution in [0.15, 0.2) is 24.3 Å². The number of nitrogens with one attached hydrogen (secondary N) is 3. The minimum absolute atomic E-state index is 0.0967. The summed E-state index contributed by atoms with van der Waals surface area (Å²) in [5.41, 5.74) is -0.340. The monoisotopic (exact) mass is 533 g/mol. The molecule has 5 fully saturated rings. The van der Waals surface area contributed by atoms with Crippen LogP contribution in [0, 0.1) is 23.2 Å². The number of carbonyl (C=O) groups is 3. The van der Waals surface area contributed by atoms with Crippen LogP contribution in [0.4, 0.5) is 14.5 Å². The zero-order valence-corrected chi connectivity index (χ0v) is 21.1. The molecule has 3 N–H and O–H groups in total. The van der Waals surface area contributed by atoms with Gasteiger partial charge in [0.25, 0.3) is 5.92 Å². The van der Waals surface area contributed by atoms with Gasteiger partial charge in [-0.1, -0.05) is 17.7 Å². The lowest BCUT2D eigenvalue weighted by molar-refractivity contribution is -0.195. The van der Waals surface area contributed by atoms with E-state index in [2.05, 4.69) is 16.0 Å². The van der Waals surface area contributed by atoms with Crippen molar-refractivity contribution < 1.29 is 23.2 Å². The van der Waals surface area contributed by atoms with Crippen molar-refractivity contribution in [2.45, 2.75) is 81.0 Å². The van der Waals surface area contributed by atoms with Crippen molar-refractivity contribution >= 4 is 35.0 Å². The molecule has 6 rings (SSSR count). The zero-order valence-electron chi connectivity index (χ0n) is 20.3. The highest BCUT2D eigenvalue weighted by Crippen LogP contribution is 2.52. The SMILES string of the molecule is N#C[C@H](C[C@@H]1CCCNC1=O)NC(=O)[C@@H]1[C@H]2CC[C@H](CC2(F)F)N1C(=O)C1(Nc2cccc(Cl)c2)CC1. The Labute approximate surface area is 219 Å². The topological polar surface area (TPSA) is 114 Å². The van der Waals surface area contributed by atoms with Crippen molar-refractivity contribution in [3.63, 3.8) is 0 Å². The molecule has 0 unspecified atom stereocenters. The van der Waals surface area contributed by atoms with Crippen LogP contribution in [-0.2, 0) is 14.4 Å². The maximum absolute atomic E-state index is 15.0. The Hall–Kier alpha value is -2.93. The molecular weight excluding hydrogens is 504 g/mol. The van der Waals surface area contributed by atoms with Gasteiger partial charge in [-0.2, -0.15) is 5.26 Å². The molecule has 1 aromatic rings. The molecule has 11 heteroatoms. The van der Waals surface area contributed by atoms with Crippen molar-refractivity contribution in [2.24, 2.45) is 11.8 Å². The van der Waals surface area contributed by atoms with E-state index >= 15 is 8.78 Å². The summed E-state index contributed by atoms with van der Waals surface area (Å²) in [6.07, 6.45) is 2.51. The fraction of sp³-hybridized carbons (Fsp3) is 0.615. The average Bonchev–Trinajstić information content (AvgIpc) is 3.64. The van der Waals surface area contributed by atoms with E-state index in [4.69, 9.17) is 11.6 Å². The van der Waals surface area contributed by atoms with Crippen molar-refractivity contribution in [2.75, 3.05) is 11.9 Å². The lowest BCUT2D eigenvalue weighted by Crippen LogP contribution is -2.70. The van der Waals surface area contributed by atoms with Gasteiger partial charge in [0.2, 0.25) is 17.7 Å². The van der Waals surface area contributed by atoms with Crippen molar-refractivity contribution in [1.82, 2.24) is 15.5 Å². The third-order valence-corrected chi connectivity index (χ3v) is 8.43. The summed E-state index contributed by atoms with van der Waals surface area (Å²) in [4.78, 5) is 40.9. The maximum atomic E-state index is 15.0. The number of rotatable bonds is 7. The van der Waals surface area contributed by atoms with Crippen LogP contribution in [-0.4, -0.2) is 58.8 Å². The van der Waals surface area contributed by atoms with E-state index in [-0.39, 0.29) is 24.7 Å². The van der Waals surface area contributed by atoms with Crippen LogP contribution in [0.1, 0.15) is 51.4 Å². The first-order valence-corrected chi connectivity index (χ1v) is 13.2. The van der Waals surface area contributed by atoms with Crippen LogP contribution in [0.3, 0.4) is 0 Å². The number of carbonyl (C=O) groups excluding carboxylic acids is 3. The average molecular weight is 534 g/mol. The summed E-state index contributed by atoms with van der Waals surface area (Å²) in [6.45, 7) is 0.571. The Morgan fingerprint density at radius 1 is 1.27 bits per heavy atom. The van der Waals surface area contributed by atoms with E-state index in [1.165, 1.54) is 4.90 Å². The Morgan fingerprint density at radius 3 is 2.70 bits per heavy atom. The molecule has 3 heterocycles. The highest BCUT2D eigenvalue weighted by molar-refractivity contribution is 6.30. The zero-order chi connectivity index (χ0) is 26.4. The van der Waals surface area contributed by atoms with Gasteiger partial charge >= 0.3 is 0 Å². The molecule has 2 saturated carbocycles. The molecule has 2 aliphatic carbocycles. The van der Waals surface area contributed by atoms with Crippen LogP contribution < -0.4 is 16.0 Å². The molecule has 0 spiro atoms. The van der Waals surface area contributed by atoms with E-state index in [9.17, 15) is 19.6 Å². The molecule has 3 aliphatic heterocycles. The second-order valence-corrected chi connectivity index (χ2v) is 11.2. The summed E-state index contributed by atoms with van der Waals surface area (Å²) < 4.78 is 30.1. The molecule has 3 saturated heterocycles. The first-order chi connectivity index (χ1) is 17.6. The van der Waals surface area contributed by atoms with Gasteiger partial charge in [-0.15, -0.1) is 0 Å². The molecule has 0 aromatic heterocycles. The quantitative estimate of drug-likeness (QED) is 0.498. The Kier molecular flexibility index (Phi) is 6.77. The van der Waals surface area contributed by atoms with Gasteiger partial charge < -0.3 is 20.9 Å². The number of fused-ring (bicyclic) bond motifs is 3. The fourth-order valence-corrected chi connectivity index (χ4v) is 6.34. The number of anilines is 1. The Balaban J connectivity index is 1.37. The predicted molar refractivity (Wildman–Crippen MR) is 132 cm³/mol. The van der Waals surface area contributed by atoms with Crippen molar-refractivity contribution in [1.29, 1.82) is 5.26 Å². The van der Waals surface area contributed by atoms with Crippen LogP contribution in [0.25, 0.3) is 0 Å². The normalized spacial score (nSPS) is 30.0. The lowest BCUT2D eigenvalue weighted by atomic mass is 9.71. The van der Waals surface area contributed by atoms with E-state index < -0.39 is 53.8 Å². The Morgan fingerprint density at radius 2 is 2.05 bits per heavy atom. The van der Waals surface area contributed by atoms with Crippen LogP contribution in [0.2, 0.25) is 5.02 Å². The van der Waals surface area contributed by atoms with Gasteiger partial charge in [-0.05, 0) is 63.1 Å². The largest absolute Gasteiger partial charge is 0.371 e. The first kappa shape index (κ1) is 25.7. The minimum Gasteiger partial charge on any atom is -0.371 e. The van der Waals surface area contributed by atoms with E-state index in [1.807, 2.05) is 6.07 Å². The van der Waals surface area contributed by atoms with E-state index in [0.717, 1.165) is 6.42 Å². The molecular formula is C26H30ClF2N5O3. The number of nitriles is 1. The number of halogens is 3. The number of hydrogen-bond acceptors (Lipinski definition) is 5. The molecule has 3 amide bonds. The molecule has 5 aliphatic rings. The Bertz CT molecular complexity index is 1140. The number of benzene rings is 1. The third-order valence-electron chi connectivity index (χ3n) is 8.20. The van der Waals surface area contributed by atoms with Crippen molar-refractivity contribution in [3.05, 3.63) is 29.3 Å². The van der Waals surface area contributed by atoms with Crippen LogP contribution >= 0.6 is 11.6 Å². The maximum Gasteiger partial charge on any atom is 0.255 e. The fourth-order valence-electron chi connectivity index (χ4n) is 6.15. The minimum atomic E-state index is -3.09. The summed E-state index contributed by atoms with van der Waals surface area (Å²) in [5, 5.41) is 18.7. The number of amides is 3. The van der Waals surface area contributed by atoms with Gasteiger partial charge in [0.15, 0.2) is 0 Å². The molecule has 5 atom stereocenters. The lowest BCUT2D eigenvalue weighted by Gasteiger charge is -2.54. The summed E-state index contributed by atoms with van der Waals surface area (Å²) in [5.74, 6) is -6.17. The van der Waals surface area contributed by atoms with Gasteiger partial charge in [0.05, 0.1) is 12.0 Å². The highest BCUT2D eigenvalue weighted by Gasteiger charge is 2.64. The smallest absolute Gasteiger partial charge is 0.255 e. The molecule has 0 radical (unpaired) electrons. The number of alkyl halides is 2. The molecule has 37 heavy (non-hydrogen) atoms. The third kappa shape index (κ3) is 4.98. The highest BCUT2D eigenvalue weighted by atomic mass is 35.5. The molecule has 2 bridgehead atoms. The van der Waals surface area contributed by atoms with E-state index in [0.29, 0.717) is 42.9 Å². The number of hydrogen-bond donors (Lipinski definition) is 3. The van der Waals surface area contributed by atoms with E-state index in [1.54, 1.807) is 24.3 Å². The van der Waals surface area contributed by atoms with Gasteiger partial charge in [-0.3, -0.25) is 14.4 Å². The second-order valence-electron chi connectivity index (χ2n) is 10.7. The molecule has 198 valence electrons. The second kappa shape index (κ2) is 9.75. The summed E-state index contributed by atoms with van der Waals surface area (Å²) in [7, 11) is 0. The standard InChI is InChI=1S/C26H30ClF2N5O3/c27-16-4-1-5-17(12-16)33-25(8-9-25)24(37)34-19-6-7-20(26(28,29)13-19)21(34)23(36)32-18(14-30)11-15-3-2-10-31-22(15)35/h1,4-5,12,15,18-21,33H,2-3,6-11,13H2,(H,31,35)(H,32,36)/t15-,18-,19+,20+,21-/m0/s1. The first-order valence-electron chi connectivity index (χ1n) is 12.9. The number of piperidine rings is 3. The van der Waals surface area contributed by atoms with Crippen molar-refractivity contribution in [3.8, 4) is 6.07 Å². The predicted octanol–water partition coefficient (Wildman–Crippen LogP) is 3.22. The molecule has 1 aromatic carbocycles. The van der Waals surface area contributed by atoms with Gasteiger partial charge in [0, 0.05) is 35.6 Å². The van der Waals surface area contributed by atoms with Gasteiger partial charge in [0.1, 0.15) is 17.6 Å². The number of nitrogens with zero attached hydrogens (tertiary/aromatic N) is 2. The van der Waals surface area contributed by atoms with Gasteiger partial charge in [-0.25, -0.2) is 8.78 Å².